The Balaban J connectivity index is 1.54. The number of nitrogens with zero attached hydrogens (tertiary/aromatic N) is 3. The van der Waals surface area contributed by atoms with Gasteiger partial charge in [0.05, 0.1) is 11.3 Å². The lowest BCUT2D eigenvalue weighted by Crippen LogP contribution is -2.34. The van der Waals surface area contributed by atoms with Gasteiger partial charge >= 0.3 is 0 Å². The van der Waals surface area contributed by atoms with Crippen LogP contribution in [0, 0.1) is 12.8 Å². The third-order valence-electron chi connectivity index (χ3n) is 4.89. The van der Waals surface area contributed by atoms with Crippen molar-refractivity contribution in [3.8, 4) is 0 Å². The third kappa shape index (κ3) is 4.20. The number of anilines is 1. The van der Waals surface area contributed by atoms with Gasteiger partial charge in [-0.2, -0.15) is 5.10 Å². The van der Waals surface area contributed by atoms with Gasteiger partial charge in [-0.3, -0.25) is 9.48 Å². The molecule has 0 aliphatic carbocycles. The second-order valence-corrected chi connectivity index (χ2v) is 6.76. The Kier molecular flexibility index (Phi) is 5.38. The molecule has 0 radical (unpaired) electrons. The van der Waals surface area contributed by atoms with E-state index in [-0.39, 0.29) is 5.91 Å². The molecule has 6 nitrogen and oxygen atoms in total. The summed E-state index contributed by atoms with van der Waals surface area (Å²) in [7, 11) is 1.81. The summed E-state index contributed by atoms with van der Waals surface area (Å²) in [6.45, 7) is 4.61. The van der Waals surface area contributed by atoms with E-state index in [9.17, 15) is 9.90 Å². The first-order valence-electron chi connectivity index (χ1n) is 8.80. The Bertz CT molecular complexity index is 716. The number of piperidine rings is 1. The molecule has 1 saturated heterocycles. The number of aromatic nitrogens is 2. The van der Waals surface area contributed by atoms with Gasteiger partial charge in [-0.1, -0.05) is 12.1 Å². The molecule has 0 atom stereocenters. The van der Waals surface area contributed by atoms with Gasteiger partial charge < -0.3 is 15.3 Å². The number of aryl methyl sites for hydroxylation is 2. The Labute approximate surface area is 148 Å². The van der Waals surface area contributed by atoms with E-state index >= 15 is 0 Å². The van der Waals surface area contributed by atoms with Gasteiger partial charge in [-0.05, 0) is 43.4 Å². The molecule has 1 amide bonds. The number of hydrogen-bond donors (Lipinski definition) is 2. The van der Waals surface area contributed by atoms with Crippen LogP contribution in [0.3, 0.4) is 0 Å². The first kappa shape index (κ1) is 17.5. The van der Waals surface area contributed by atoms with Crippen molar-refractivity contribution in [3.05, 3.63) is 47.3 Å². The van der Waals surface area contributed by atoms with Crippen LogP contribution in [0.15, 0.2) is 30.5 Å². The van der Waals surface area contributed by atoms with Gasteiger partial charge in [0, 0.05) is 45.2 Å². The standard InChI is InChI=1S/C19H26N4O2/c1-14-18(12-22(2)21-14)19(25)20-11-15-3-5-17(6-4-15)23-9-7-16(13-24)8-10-23/h3-6,12,16,24H,7-11,13H2,1-2H3,(H,20,25). The molecule has 0 unspecified atom stereocenters. The molecule has 3 rings (SSSR count). The molecular formula is C19H26N4O2. The lowest BCUT2D eigenvalue weighted by atomic mass is 9.97. The van der Waals surface area contributed by atoms with Crippen molar-refractivity contribution in [2.75, 3.05) is 24.6 Å². The predicted molar refractivity (Wildman–Crippen MR) is 97.6 cm³/mol. The fourth-order valence-corrected chi connectivity index (χ4v) is 3.30. The Morgan fingerprint density at radius 2 is 1.96 bits per heavy atom. The van der Waals surface area contributed by atoms with Crippen LogP contribution in [0.4, 0.5) is 5.69 Å². The first-order valence-corrected chi connectivity index (χ1v) is 8.80. The summed E-state index contributed by atoms with van der Waals surface area (Å²) in [5.41, 5.74) is 3.63. The molecule has 25 heavy (non-hydrogen) atoms. The minimum absolute atomic E-state index is 0.0965. The summed E-state index contributed by atoms with van der Waals surface area (Å²) in [6, 6.07) is 8.33. The molecule has 2 N–H and O–H groups in total. The molecule has 2 aromatic rings. The maximum absolute atomic E-state index is 12.2. The maximum Gasteiger partial charge on any atom is 0.255 e. The number of aliphatic hydroxyl groups excluding tert-OH is 1. The zero-order chi connectivity index (χ0) is 17.8. The third-order valence-corrected chi connectivity index (χ3v) is 4.89. The fourth-order valence-electron chi connectivity index (χ4n) is 3.30. The molecular weight excluding hydrogens is 316 g/mol. The van der Waals surface area contributed by atoms with Gasteiger partial charge in [0.1, 0.15) is 0 Å². The van der Waals surface area contributed by atoms with Gasteiger partial charge in [0.25, 0.3) is 5.91 Å². The monoisotopic (exact) mass is 342 g/mol. The zero-order valence-electron chi connectivity index (χ0n) is 14.9. The van der Waals surface area contributed by atoms with Crippen LogP contribution in [-0.4, -0.2) is 40.5 Å². The lowest BCUT2D eigenvalue weighted by Gasteiger charge is -2.33. The van der Waals surface area contributed by atoms with Crippen molar-refractivity contribution in [1.29, 1.82) is 0 Å². The van der Waals surface area contributed by atoms with Crippen molar-refractivity contribution in [2.24, 2.45) is 13.0 Å². The fraction of sp³-hybridized carbons (Fsp3) is 0.474. The first-order chi connectivity index (χ1) is 12.1. The van der Waals surface area contributed by atoms with E-state index in [0.29, 0.717) is 24.6 Å². The van der Waals surface area contributed by atoms with Crippen molar-refractivity contribution in [3.63, 3.8) is 0 Å². The number of carbonyl (C=O) groups is 1. The molecule has 1 fully saturated rings. The summed E-state index contributed by atoms with van der Waals surface area (Å²) < 4.78 is 1.65. The highest BCUT2D eigenvalue weighted by Crippen LogP contribution is 2.23. The van der Waals surface area contributed by atoms with Crippen molar-refractivity contribution >= 4 is 11.6 Å². The normalized spacial score (nSPS) is 15.4. The van der Waals surface area contributed by atoms with Crippen molar-refractivity contribution < 1.29 is 9.90 Å². The summed E-state index contributed by atoms with van der Waals surface area (Å²) in [5.74, 6) is 0.349. The highest BCUT2D eigenvalue weighted by Gasteiger charge is 2.18. The smallest absolute Gasteiger partial charge is 0.255 e. The topological polar surface area (TPSA) is 70.4 Å². The van der Waals surface area contributed by atoms with Gasteiger partial charge in [-0.15, -0.1) is 0 Å². The quantitative estimate of drug-likeness (QED) is 0.870. The number of rotatable bonds is 5. The number of aliphatic hydroxyl groups is 1. The van der Waals surface area contributed by atoms with E-state index < -0.39 is 0 Å². The Morgan fingerprint density at radius 1 is 1.28 bits per heavy atom. The molecule has 134 valence electrons. The average molecular weight is 342 g/mol. The van der Waals surface area contributed by atoms with E-state index in [1.165, 1.54) is 5.69 Å². The molecule has 1 aliphatic heterocycles. The van der Waals surface area contributed by atoms with Crippen LogP contribution < -0.4 is 10.2 Å². The molecule has 0 spiro atoms. The molecule has 1 aromatic carbocycles. The molecule has 0 bridgehead atoms. The van der Waals surface area contributed by atoms with E-state index in [1.807, 2.05) is 14.0 Å². The zero-order valence-corrected chi connectivity index (χ0v) is 14.9. The van der Waals surface area contributed by atoms with Crippen LogP contribution in [0.5, 0.6) is 0 Å². The van der Waals surface area contributed by atoms with Gasteiger partial charge in [-0.25, -0.2) is 0 Å². The van der Waals surface area contributed by atoms with E-state index in [1.54, 1.807) is 10.9 Å². The second kappa shape index (κ2) is 7.70. The summed E-state index contributed by atoms with van der Waals surface area (Å²) in [6.07, 6.45) is 3.82. The molecule has 6 heteroatoms. The van der Waals surface area contributed by atoms with Gasteiger partial charge in [0.2, 0.25) is 0 Å². The van der Waals surface area contributed by atoms with Gasteiger partial charge in [0.15, 0.2) is 0 Å². The minimum Gasteiger partial charge on any atom is -0.396 e. The molecule has 2 heterocycles. The molecule has 1 aromatic heterocycles. The highest BCUT2D eigenvalue weighted by molar-refractivity contribution is 5.94. The van der Waals surface area contributed by atoms with Crippen molar-refractivity contribution in [1.82, 2.24) is 15.1 Å². The summed E-state index contributed by atoms with van der Waals surface area (Å²) in [4.78, 5) is 14.6. The predicted octanol–water partition coefficient (Wildman–Crippen LogP) is 1.87. The van der Waals surface area contributed by atoms with Crippen LogP contribution >= 0.6 is 0 Å². The van der Waals surface area contributed by atoms with Crippen molar-refractivity contribution in [2.45, 2.75) is 26.3 Å². The van der Waals surface area contributed by atoms with Crippen LogP contribution in [0.2, 0.25) is 0 Å². The van der Waals surface area contributed by atoms with E-state index in [2.05, 4.69) is 39.6 Å². The highest BCUT2D eigenvalue weighted by atomic mass is 16.3. The minimum atomic E-state index is -0.0965. The average Bonchev–Trinajstić information content (AvgIpc) is 2.98. The lowest BCUT2D eigenvalue weighted by molar-refractivity contribution is 0.0950. The summed E-state index contributed by atoms with van der Waals surface area (Å²) in [5, 5.41) is 16.4. The summed E-state index contributed by atoms with van der Waals surface area (Å²) >= 11 is 0. The SMILES string of the molecule is Cc1nn(C)cc1C(=O)NCc1ccc(N2CCC(CO)CC2)cc1. The largest absolute Gasteiger partial charge is 0.396 e. The Hall–Kier alpha value is -2.34. The maximum atomic E-state index is 12.2. The molecule has 0 saturated carbocycles. The second-order valence-electron chi connectivity index (χ2n) is 6.76. The Morgan fingerprint density at radius 3 is 2.52 bits per heavy atom. The molecule has 1 aliphatic rings. The van der Waals surface area contributed by atoms with Crippen LogP contribution in [-0.2, 0) is 13.6 Å². The number of nitrogens with one attached hydrogen (secondary N) is 1. The van der Waals surface area contributed by atoms with E-state index in [4.69, 9.17) is 0 Å². The number of amides is 1. The number of hydrogen-bond acceptors (Lipinski definition) is 4. The van der Waals surface area contributed by atoms with E-state index in [0.717, 1.165) is 37.2 Å². The van der Waals surface area contributed by atoms with Crippen LogP contribution in [0.25, 0.3) is 0 Å². The van der Waals surface area contributed by atoms with Crippen LogP contribution in [0.1, 0.15) is 34.5 Å². The number of carbonyl (C=O) groups excluding carboxylic acids is 1. The number of benzene rings is 1.